The van der Waals surface area contributed by atoms with Gasteiger partial charge in [-0.15, -0.1) is 0 Å². The molecule has 0 saturated heterocycles. The van der Waals surface area contributed by atoms with Crippen molar-refractivity contribution >= 4 is 11.6 Å². The summed E-state index contributed by atoms with van der Waals surface area (Å²) >= 11 is 5.91. The lowest BCUT2D eigenvalue weighted by Crippen LogP contribution is -2.14. The minimum atomic E-state index is -0.210. The summed E-state index contributed by atoms with van der Waals surface area (Å²) < 4.78 is 0. The van der Waals surface area contributed by atoms with Crippen molar-refractivity contribution in [2.45, 2.75) is 19.3 Å². The molecule has 0 bridgehead atoms. The normalized spacial score (nSPS) is 11.6. The third-order valence-electron chi connectivity index (χ3n) is 1.40. The number of pyridine rings is 1. The fourth-order valence-corrected chi connectivity index (χ4v) is 1.26. The highest BCUT2D eigenvalue weighted by Gasteiger charge is 2.17. The summed E-state index contributed by atoms with van der Waals surface area (Å²) in [6.45, 7) is 7.93. The van der Waals surface area contributed by atoms with Crippen molar-refractivity contribution in [2.24, 2.45) is 0 Å². The van der Waals surface area contributed by atoms with Crippen LogP contribution in [0.4, 0.5) is 0 Å². The van der Waals surface area contributed by atoms with Crippen LogP contribution < -0.4 is 0 Å². The summed E-state index contributed by atoms with van der Waals surface area (Å²) in [5.74, 6) is 0. The van der Waals surface area contributed by atoms with E-state index in [9.17, 15) is 0 Å². The first-order valence-electron chi connectivity index (χ1n) is 3.48. The minimum absolute atomic E-state index is 0.210. The van der Waals surface area contributed by atoms with E-state index in [4.69, 9.17) is 11.6 Å². The van der Waals surface area contributed by atoms with Crippen LogP contribution in [-0.4, -0.2) is 4.98 Å². The van der Waals surface area contributed by atoms with Crippen molar-refractivity contribution in [1.82, 2.24) is 4.98 Å². The van der Waals surface area contributed by atoms with Gasteiger partial charge in [0.2, 0.25) is 0 Å². The summed E-state index contributed by atoms with van der Waals surface area (Å²) in [6, 6.07) is 3.65. The van der Waals surface area contributed by atoms with Gasteiger partial charge >= 0.3 is 0 Å². The summed E-state index contributed by atoms with van der Waals surface area (Å²) in [4.78, 5) is 4.16. The molecule has 1 heterocycles. The average Bonchev–Trinajstić information content (AvgIpc) is 1.86. The molecule has 1 nitrogen and oxygen atoms in total. The zero-order valence-electron chi connectivity index (χ0n) is 6.76. The van der Waals surface area contributed by atoms with Gasteiger partial charge in [-0.05, 0) is 19.1 Å². The second kappa shape index (κ2) is 2.82. The number of aromatic nitrogens is 1. The molecule has 1 radical (unpaired) electrons. The first kappa shape index (κ1) is 8.54. The molecule has 0 unspecified atom stereocenters. The maximum atomic E-state index is 5.91. The highest BCUT2D eigenvalue weighted by Crippen LogP contribution is 2.25. The molecule has 0 aliphatic heterocycles. The van der Waals surface area contributed by atoms with Gasteiger partial charge in [0.15, 0.2) is 0 Å². The van der Waals surface area contributed by atoms with Crippen LogP contribution in [-0.2, 0) is 5.41 Å². The van der Waals surface area contributed by atoms with E-state index in [1.807, 2.05) is 26.0 Å². The van der Waals surface area contributed by atoms with E-state index in [0.717, 1.165) is 5.69 Å². The predicted molar refractivity (Wildman–Crippen MR) is 47.6 cm³/mol. The lowest BCUT2D eigenvalue weighted by atomic mass is 9.92. The Morgan fingerprint density at radius 3 is 2.55 bits per heavy atom. The minimum Gasteiger partial charge on any atom is -0.259 e. The average molecular weight is 169 g/mol. The first-order valence-corrected chi connectivity index (χ1v) is 3.86. The molecule has 0 aliphatic carbocycles. The van der Waals surface area contributed by atoms with Crippen LogP contribution in [0.25, 0.3) is 0 Å². The molecule has 0 fully saturated rings. The van der Waals surface area contributed by atoms with Crippen molar-refractivity contribution < 1.29 is 0 Å². The Balaban J connectivity index is 3.14. The first-order chi connectivity index (χ1) is 5.02. The van der Waals surface area contributed by atoms with Crippen LogP contribution in [0.15, 0.2) is 18.3 Å². The lowest BCUT2D eigenvalue weighted by Gasteiger charge is -2.18. The second-order valence-electron chi connectivity index (χ2n) is 3.22. The van der Waals surface area contributed by atoms with Crippen LogP contribution in [0.2, 0.25) is 5.02 Å². The van der Waals surface area contributed by atoms with Gasteiger partial charge in [-0.1, -0.05) is 25.4 Å². The van der Waals surface area contributed by atoms with Crippen molar-refractivity contribution in [1.29, 1.82) is 0 Å². The van der Waals surface area contributed by atoms with E-state index in [0.29, 0.717) is 5.02 Å². The standard InChI is InChI=1S/C9H11ClN/c1-9(2,3)8-7(10)5-4-6-11-8/h4-6H,1H2,2-3H3. The Hall–Kier alpha value is -0.560. The largest absolute Gasteiger partial charge is 0.259 e. The number of hydrogen-bond acceptors (Lipinski definition) is 1. The van der Waals surface area contributed by atoms with Crippen LogP contribution >= 0.6 is 11.6 Å². The smallest absolute Gasteiger partial charge is 0.0645 e. The molecule has 0 N–H and O–H groups in total. The monoisotopic (exact) mass is 168 g/mol. The van der Waals surface area contributed by atoms with Gasteiger partial charge in [-0.2, -0.15) is 0 Å². The Morgan fingerprint density at radius 2 is 2.18 bits per heavy atom. The third-order valence-corrected chi connectivity index (χ3v) is 1.70. The zero-order valence-corrected chi connectivity index (χ0v) is 7.52. The predicted octanol–water partition coefficient (Wildman–Crippen LogP) is 2.85. The maximum Gasteiger partial charge on any atom is 0.0645 e. The fraction of sp³-hybridized carbons (Fsp3) is 0.333. The van der Waals surface area contributed by atoms with Crippen LogP contribution in [0.1, 0.15) is 19.5 Å². The van der Waals surface area contributed by atoms with Crippen molar-refractivity contribution in [3.8, 4) is 0 Å². The van der Waals surface area contributed by atoms with Gasteiger partial charge in [0.25, 0.3) is 0 Å². The van der Waals surface area contributed by atoms with Crippen molar-refractivity contribution in [2.75, 3.05) is 0 Å². The van der Waals surface area contributed by atoms with E-state index >= 15 is 0 Å². The quantitative estimate of drug-likeness (QED) is 0.629. The van der Waals surface area contributed by atoms with Gasteiger partial charge in [0, 0.05) is 11.6 Å². The Labute approximate surface area is 72.4 Å². The molecule has 1 aromatic rings. The molecule has 0 aliphatic rings. The fourth-order valence-electron chi connectivity index (χ4n) is 0.884. The van der Waals surface area contributed by atoms with Crippen molar-refractivity contribution in [3.05, 3.63) is 36.0 Å². The van der Waals surface area contributed by atoms with Crippen LogP contribution in [0.5, 0.6) is 0 Å². The van der Waals surface area contributed by atoms with E-state index in [-0.39, 0.29) is 5.41 Å². The van der Waals surface area contributed by atoms with E-state index < -0.39 is 0 Å². The molecule has 1 aromatic heterocycles. The van der Waals surface area contributed by atoms with E-state index in [1.54, 1.807) is 6.20 Å². The van der Waals surface area contributed by atoms with Crippen molar-refractivity contribution in [3.63, 3.8) is 0 Å². The molecule has 59 valence electrons. The molecular weight excluding hydrogens is 158 g/mol. The van der Waals surface area contributed by atoms with Gasteiger partial charge < -0.3 is 0 Å². The summed E-state index contributed by atoms with van der Waals surface area (Å²) in [5, 5.41) is 0.688. The van der Waals surface area contributed by atoms with Gasteiger partial charge in [0.05, 0.1) is 10.7 Å². The number of rotatable bonds is 1. The SMILES string of the molecule is [CH2]C(C)(C)c1ncccc1Cl. The van der Waals surface area contributed by atoms with E-state index in [2.05, 4.69) is 11.9 Å². The van der Waals surface area contributed by atoms with E-state index in [1.165, 1.54) is 0 Å². The number of hydrogen-bond donors (Lipinski definition) is 0. The summed E-state index contributed by atoms with van der Waals surface area (Å²) in [7, 11) is 0. The second-order valence-corrected chi connectivity index (χ2v) is 3.62. The number of halogens is 1. The zero-order chi connectivity index (χ0) is 8.48. The van der Waals surface area contributed by atoms with Gasteiger partial charge in [-0.3, -0.25) is 4.98 Å². The number of nitrogens with zero attached hydrogens (tertiary/aromatic N) is 1. The molecule has 0 saturated carbocycles. The summed E-state index contributed by atoms with van der Waals surface area (Å²) in [6.07, 6.45) is 1.73. The molecule has 0 spiro atoms. The molecule has 0 amide bonds. The van der Waals surface area contributed by atoms with Gasteiger partial charge in [0.1, 0.15) is 0 Å². The molecular formula is C9H11ClN. The molecule has 0 aromatic carbocycles. The van der Waals surface area contributed by atoms with Crippen LogP contribution in [0, 0.1) is 6.92 Å². The third kappa shape index (κ3) is 1.93. The van der Waals surface area contributed by atoms with Crippen LogP contribution in [0.3, 0.4) is 0 Å². The highest BCUT2D eigenvalue weighted by atomic mass is 35.5. The molecule has 1 rings (SSSR count). The summed E-state index contributed by atoms with van der Waals surface area (Å²) in [5.41, 5.74) is 0.639. The maximum absolute atomic E-state index is 5.91. The Kier molecular flexibility index (Phi) is 2.19. The Morgan fingerprint density at radius 1 is 1.55 bits per heavy atom. The van der Waals surface area contributed by atoms with Gasteiger partial charge in [-0.25, -0.2) is 0 Å². The molecule has 2 heteroatoms. The lowest BCUT2D eigenvalue weighted by molar-refractivity contribution is 0.639. The highest BCUT2D eigenvalue weighted by molar-refractivity contribution is 6.31. The molecule has 11 heavy (non-hydrogen) atoms. The Bertz CT molecular complexity index is 250. The topological polar surface area (TPSA) is 12.9 Å². The molecule has 0 atom stereocenters.